The zero-order chi connectivity index (χ0) is 13.8. The highest BCUT2D eigenvalue weighted by Gasteiger charge is 2.18. The second-order valence-corrected chi connectivity index (χ2v) is 4.53. The zero-order valence-corrected chi connectivity index (χ0v) is 10.9. The summed E-state index contributed by atoms with van der Waals surface area (Å²) < 4.78 is 0. The van der Waals surface area contributed by atoms with Gasteiger partial charge in [-0.15, -0.1) is 0 Å². The Morgan fingerprint density at radius 3 is 2.15 bits per heavy atom. The molecule has 1 N–H and O–H groups in total. The number of benzene rings is 2. The number of hydrogen-bond acceptors (Lipinski definition) is 2. The summed E-state index contributed by atoms with van der Waals surface area (Å²) in [7, 11) is 0. The Bertz CT molecular complexity index is 610. The number of carbonyl (C=O) groups is 1. The number of hydrogen-bond donors (Lipinski definition) is 1. The van der Waals surface area contributed by atoms with Crippen LogP contribution in [0.25, 0.3) is 0 Å². The minimum absolute atomic E-state index is 0.139. The monoisotopic (exact) mass is 265 g/mol. The van der Waals surface area contributed by atoms with Gasteiger partial charge < -0.3 is 0 Å². The van der Waals surface area contributed by atoms with Gasteiger partial charge in [0.15, 0.2) is 0 Å². The fourth-order valence-electron chi connectivity index (χ4n) is 2.06. The van der Waals surface area contributed by atoms with E-state index in [-0.39, 0.29) is 6.03 Å². The fourth-order valence-corrected chi connectivity index (χ4v) is 2.06. The summed E-state index contributed by atoms with van der Waals surface area (Å²) in [5.41, 5.74) is 4.86. The normalized spacial score (nSPS) is 14.3. The Balaban J connectivity index is 1.73. The highest BCUT2D eigenvalue weighted by Crippen LogP contribution is 2.15. The molecule has 1 aliphatic heterocycles. The second-order valence-electron chi connectivity index (χ2n) is 4.53. The van der Waals surface area contributed by atoms with Gasteiger partial charge in [-0.1, -0.05) is 48.5 Å². The van der Waals surface area contributed by atoms with Crippen LogP contribution in [-0.2, 0) is 6.54 Å². The first-order valence-corrected chi connectivity index (χ1v) is 6.47. The molecule has 100 valence electrons. The lowest BCUT2D eigenvalue weighted by atomic mass is 10.2. The molecule has 0 spiro atoms. The van der Waals surface area contributed by atoms with E-state index in [1.54, 1.807) is 16.1 Å². The predicted molar refractivity (Wildman–Crippen MR) is 78.6 cm³/mol. The summed E-state index contributed by atoms with van der Waals surface area (Å²) in [6.07, 6.45) is 3.64. The summed E-state index contributed by atoms with van der Waals surface area (Å²) in [4.78, 5) is 13.8. The van der Waals surface area contributed by atoms with Gasteiger partial charge in [0.1, 0.15) is 0 Å². The maximum absolute atomic E-state index is 12.1. The molecule has 2 aromatic rings. The Hall–Kier alpha value is -2.75. The van der Waals surface area contributed by atoms with Crippen LogP contribution >= 0.6 is 0 Å². The van der Waals surface area contributed by atoms with Crippen LogP contribution in [0.15, 0.2) is 73.1 Å². The first kappa shape index (κ1) is 12.3. The molecule has 0 bridgehead atoms. The standard InChI is InChI=1S/C16H15N3O/c20-16-17-19(15-9-5-2-6-10-15)12-11-18(16)13-14-7-3-1-4-8-14/h1-12H,13H2,(H,17,20). The van der Waals surface area contributed by atoms with Crippen LogP contribution < -0.4 is 10.4 Å². The summed E-state index contributed by atoms with van der Waals surface area (Å²) >= 11 is 0. The second kappa shape index (κ2) is 5.48. The van der Waals surface area contributed by atoms with Gasteiger partial charge in [-0.25, -0.2) is 10.2 Å². The van der Waals surface area contributed by atoms with Gasteiger partial charge in [0.25, 0.3) is 0 Å². The third-order valence-electron chi connectivity index (χ3n) is 3.10. The van der Waals surface area contributed by atoms with Gasteiger partial charge in [0, 0.05) is 12.4 Å². The van der Waals surface area contributed by atoms with Crippen molar-refractivity contribution in [2.45, 2.75) is 6.54 Å². The first-order valence-electron chi connectivity index (χ1n) is 6.47. The van der Waals surface area contributed by atoms with E-state index in [9.17, 15) is 4.79 Å². The molecule has 20 heavy (non-hydrogen) atoms. The molecule has 0 aliphatic carbocycles. The number of rotatable bonds is 3. The molecule has 2 amide bonds. The van der Waals surface area contributed by atoms with Crippen molar-refractivity contribution in [3.05, 3.63) is 78.6 Å². The molecule has 0 saturated carbocycles. The quantitative estimate of drug-likeness (QED) is 0.925. The van der Waals surface area contributed by atoms with Gasteiger partial charge in [0.05, 0.1) is 12.2 Å². The summed E-state index contributed by atoms with van der Waals surface area (Å²) in [6.45, 7) is 0.561. The molecular formula is C16H15N3O. The van der Waals surface area contributed by atoms with Crippen molar-refractivity contribution in [2.24, 2.45) is 0 Å². The minimum atomic E-state index is -0.139. The van der Waals surface area contributed by atoms with Crippen LogP contribution in [0.4, 0.5) is 10.5 Å². The molecule has 0 saturated heterocycles. The Morgan fingerprint density at radius 1 is 0.850 bits per heavy atom. The maximum Gasteiger partial charge on any atom is 0.340 e. The maximum atomic E-state index is 12.1. The van der Waals surface area contributed by atoms with Gasteiger partial charge >= 0.3 is 6.03 Å². The molecule has 0 fully saturated rings. The van der Waals surface area contributed by atoms with E-state index in [2.05, 4.69) is 5.43 Å². The first-order chi connectivity index (χ1) is 9.83. The van der Waals surface area contributed by atoms with Crippen molar-refractivity contribution in [1.29, 1.82) is 0 Å². The lowest BCUT2D eigenvalue weighted by Crippen LogP contribution is -2.48. The molecule has 1 aliphatic rings. The Morgan fingerprint density at radius 2 is 1.50 bits per heavy atom. The zero-order valence-electron chi connectivity index (χ0n) is 10.9. The fraction of sp³-hybridized carbons (Fsp3) is 0.0625. The molecule has 4 heteroatoms. The van der Waals surface area contributed by atoms with E-state index < -0.39 is 0 Å². The van der Waals surface area contributed by atoms with E-state index in [0.717, 1.165) is 11.3 Å². The molecule has 1 heterocycles. The summed E-state index contributed by atoms with van der Waals surface area (Å²) in [5.74, 6) is 0. The highest BCUT2D eigenvalue weighted by atomic mass is 16.2. The van der Waals surface area contributed by atoms with E-state index in [1.165, 1.54) is 0 Å². The van der Waals surface area contributed by atoms with Crippen molar-refractivity contribution in [2.75, 3.05) is 5.01 Å². The lowest BCUT2D eigenvalue weighted by Gasteiger charge is -2.30. The van der Waals surface area contributed by atoms with Crippen LogP contribution in [0, 0.1) is 0 Å². The summed E-state index contributed by atoms with van der Waals surface area (Å²) in [6, 6.07) is 19.5. The SMILES string of the molecule is O=C1NN(c2ccccc2)C=CN1Cc1ccccc1. The average Bonchev–Trinajstić information content (AvgIpc) is 2.51. The van der Waals surface area contributed by atoms with Crippen molar-refractivity contribution < 1.29 is 4.79 Å². The number of nitrogens with one attached hydrogen (secondary N) is 1. The van der Waals surface area contributed by atoms with Crippen molar-refractivity contribution in [1.82, 2.24) is 10.3 Å². The number of urea groups is 1. The van der Waals surface area contributed by atoms with Crippen LogP contribution in [0.1, 0.15) is 5.56 Å². The van der Waals surface area contributed by atoms with Gasteiger partial charge in [0.2, 0.25) is 0 Å². The molecule has 4 nitrogen and oxygen atoms in total. The van der Waals surface area contributed by atoms with E-state index in [4.69, 9.17) is 0 Å². The highest BCUT2D eigenvalue weighted by molar-refractivity contribution is 5.79. The van der Waals surface area contributed by atoms with E-state index in [0.29, 0.717) is 6.54 Å². The van der Waals surface area contributed by atoms with E-state index in [1.807, 2.05) is 66.9 Å². The molecule has 0 unspecified atom stereocenters. The number of hydrazine groups is 1. The van der Waals surface area contributed by atoms with Gasteiger partial charge in [-0.3, -0.25) is 9.91 Å². The van der Waals surface area contributed by atoms with Crippen LogP contribution in [0.2, 0.25) is 0 Å². The number of para-hydroxylation sites is 1. The van der Waals surface area contributed by atoms with Crippen molar-refractivity contribution >= 4 is 11.7 Å². The molecular weight excluding hydrogens is 250 g/mol. The molecule has 0 radical (unpaired) electrons. The third-order valence-corrected chi connectivity index (χ3v) is 3.10. The van der Waals surface area contributed by atoms with Crippen LogP contribution in [-0.4, -0.2) is 10.9 Å². The van der Waals surface area contributed by atoms with E-state index >= 15 is 0 Å². The van der Waals surface area contributed by atoms with Crippen LogP contribution in [0.3, 0.4) is 0 Å². The number of carbonyl (C=O) groups excluding carboxylic acids is 1. The van der Waals surface area contributed by atoms with Crippen molar-refractivity contribution in [3.63, 3.8) is 0 Å². The number of anilines is 1. The Labute approximate surface area is 117 Å². The smallest absolute Gasteiger partial charge is 0.294 e. The molecule has 0 aromatic heterocycles. The molecule has 0 atom stereocenters. The molecule has 2 aromatic carbocycles. The largest absolute Gasteiger partial charge is 0.340 e. The number of nitrogens with zero attached hydrogens (tertiary/aromatic N) is 2. The summed E-state index contributed by atoms with van der Waals surface area (Å²) in [5, 5.41) is 1.71. The van der Waals surface area contributed by atoms with Gasteiger partial charge in [-0.2, -0.15) is 0 Å². The van der Waals surface area contributed by atoms with Gasteiger partial charge in [-0.05, 0) is 17.7 Å². The molecule has 3 rings (SSSR count). The van der Waals surface area contributed by atoms with Crippen LogP contribution in [0.5, 0.6) is 0 Å². The Kier molecular flexibility index (Phi) is 3.37. The lowest BCUT2D eigenvalue weighted by molar-refractivity contribution is 0.210. The average molecular weight is 265 g/mol. The third kappa shape index (κ3) is 2.64. The predicted octanol–water partition coefficient (Wildman–Crippen LogP) is 3.10. The topological polar surface area (TPSA) is 35.6 Å². The minimum Gasteiger partial charge on any atom is -0.294 e. The number of amides is 2. The van der Waals surface area contributed by atoms with Crippen molar-refractivity contribution in [3.8, 4) is 0 Å².